The molecule has 0 amide bonds. The van der Waals surface area contributed by atoms with Gasteiger partial charge in [-0.05, 0) is 13.0 Å². The van der Waals surface area contributed by atoms with Crippen LogP contribution in [0.2, 0.25) is 0 Å². The lowest BCUT2D eigenvalue weighted by molar-refractivity contribution is 0.903. The van der Waals surface area contributed by atoms with Crippen molar-refractivity contribution in [3.05, 3.63) is 33.9 Å². The van der Waals surface area contributed by atoms with E-state index >= 15 is 0 Å². The molecule has 6 heteroatoms. The molecular weight excluding hydrogens is 246 g/mol. The van der Waals surface area contributed by atoms with E-state index in [0.717, 1.165) is 5.69 Å². The van der Waals surface area contributed by atoms with Crippen molar-refractivity contribution >= 4 is 22.8 Å². The van der Waals surface area contributed by atoms with E-state index in [2.05, 4.69) is 16.0 Å². The van der Waals surface area contributed by atoms with E-state index in [4.69, 9.17) is 11.0 Å². The molecule has 92 valence electrons. The molecule has 0 radical (unpaired) electrons. The summed E-state index contributed by atoms with van der Waals surface area (Å²) >= 11 is 1.60. The number of aromatic nitrogens is 2. The number of nitriles is 1. The monoisotopic (exact) mass is 259 g/mol. The molecule has 2 aromatic heterocycles. The zero-order valence-corrected chi connectivity index (χ0v) is 11.0. The van der Waals surface area contributed by atoms with E-state index in [9.17, 15) is 0 Å². The fraction of sp³-hybridized carbons (Fsp3) is 0.250. The van der Waals surface area contributed by atoms with E-state index in [1.54, 1.807) is 23.6 Å². The van der Waals surface area contributed by atoms with Crippen molar-refractivity contribution < 1.29 is 0 Å². The van der Waals surface area contributed by atoms with Gasteiger partial charge in [-0.15, -0.1) is 11.3 Å². The summed E-state index contributed by atoms with van der Waals surface area (Å²) < 4.78 is 0. The predicted molar refractivity (Wildman–Crippen MR) is 72.3 cm³/mol. The third-order valence-corrected chi connectivity index (χ3v) is 3.60. The number of nitrogens with zero attached hydrogens (tertiary/aromatic N) is 4. The topological polar surface area (TPSA) is 78.8 Å². The Kier molecular flexibility index (Phi) is 3.44. The Balaban J connectivity index is 2.27. The molecule has 0 aliphatic heterocycles. The van der Waals surface area contributed by atoms with Gasteiger partial charge in [-0.3, -0.25) is 0 Å². The summed E-state index contributed by atoms with van der Waals surface area (Å²) in [5, 5.41) is 8.94. The van der Waals surface area contributed by atoms with Gasteiger partial charge < -0.3 is 10.6 Å². The Bertz CT molecular complexity index is 599. The Morgan fingerprint density at radius 1 is 1.50 bits per heavy atom. The van der Waals surface area contributed by atoms with E-state index in [0.29, 0.717) is 23.6 Å². The van der Waals surface area contributed by atoms with E-state index in [1.807, 2.05) is 24.4 Å². The van der Waals surface area contributed by atoms with Crippen LogP contribution in [0.15, 0.2) is 17.8 Å². The van der Waals surface area contributed by atoms with Gasteiger partial charge in [0.25, 0.3) is 0 Å². The molecule has 5 nitrogen and oxygen atoms in total. The fourth-order valence-corrected chi connectivity index (χ4v) is 2.46. The van der Waals surface area contributed by atoms with Gasteiger partial charge in [0.05, 0.1) is 29.0 Å². The molecule has 0 aromatic carbocycles. The summed E-state index contributed by atoms with van der Waals surface area (Å²) in [6, 6.07) is 3.68. The SMILES string of the molecule is Cc1ncsc1CN(C)c1nccc(C#N)c1N. The summed E-state index contributed by atoms with van der Waals surface area (Å²) in [4.78, 5) is 11.5. The summed E-state index contributed by atoms with van der Waals surface area (Å²) in [6.45, 7) is 2.66. The molecule has 0 aliphatic carbocycles. The molecule has 0 fully saturated rings. The van der Waals surface area contributed by atoms with Gasteiger partial charge in [0.1, 0.15) is 6.07 Å². The number of nitrogen functional groups attached to an aromatic ring is 1. The largest absolute Gasteiger partial charge is 0.395 e. The van der Waals surface area contributed by atoms with Gasteiger partial charge in [-0.25, -0.2) is 9.97 Å². The van der Waals surface area contributed by atoms with Crippen LogP contribution in [0.5, 0.6) is 0 Å². The molecule has 0 aliphatic rings. The molecule has 2 N–H and O–H groups in total. The van der Waals surface area contributed by atoms with Crippen molar-refractivity contribution in [2.24, 2.45) is 0 Å². The number of hydrogen-bond donors (Lipinski definition) is 1. The predicted octanol–water partition coefficient (Wildman–Crippen LogP) is 1.94. The maximum Gasteiger partial charge on any atom is 0.153 e. The highest BCUT2D eigenvalue weighted by Crippen LogP contribution is 2.25. The first-order chi connectivity index (χ1) is 8.63. The number of pyridine rings is 1. The number of nitrogens with two attached hydrogens (primary N) is 1. The van der Waals surface area contributed by atoms with Crippen LogP contribution in [0.4, 0.5) is 11.5 Å². The highest BCUT2D eigenvalue weighted by Gasteiger charge is 2.12. The second-order valence-corrected chi connectivity index (χ2v) is 4.86. The average molecular weight is 259 g/mol. The molecule has 0 saturated carbocycles. The molecule has 0 spiro atoms. The van der Waals surface area contributed by atoms with E-state index < -0.39 is 0 Å². The van der Waals surface area contributed by atoms with Gasteiger partial charge in [0.15, 0.2) is 5.82 Å². The van der Waals surface area contributed by atoms with Crippen molar-refractivity contribution in [1.29, 1.82) is 5.26 Å². The molecule has 0 saturated heterocycles. The number of rotatable bonds is 3. The van der Waals surface area contributed by atoms with Crippen LogP contribution in [-0.2, 0) is 6.54 Å². The minimum Gasteiger partial charge on any atom is -0.395 e. The van der Waals surface area contributed by atoms with Crippen LogP contribution < -0.4 is 10.6 Å². The van der Waals surface area contributed by atoms with Crippen molar-refractivity contribution in [1.82, 2.24) is 9.97 Å². The first-order valence-electron chi connectivity index (χ1n) is 5.38. The van der Waals surface area contributed by atoms with Crippen molar-refractivity contribution in [3.63, 3.8) is 0 Å². The average Bonchev–Trinajstić information content (AvgIpc) is 2.75. The zero-order chi connectivity index (χ0) is 13.1. The van der Waals surface area contributed by atoms with E-state index in [1.165, 1.54) is 4.88 Å². The highest BCUT2D eigenvalue weighted by molar-refractivity contribution is 7.09. The standard InChI is InChI=1S/C12H13N5S/c1-8-10(18-7-16-8)6-17(2)12-11(14)9(5-13)3-4-15-12/h3-4,7H,6,14H2,1-2H3. The molecule has 2 heterocycles. The molecule has 2 aromatic rings. The summed E-state index contributed by atoms with van der Waals surface area (Å²) in [6.07, 6.45) is 1.60. The Morgan fingerprint density at radius 2 is 2.28 bits per heavy atom. The number of anilines is 2. The quantitative estimate of drug-likeness (QED) is 0.911. The molecule has 0 bridgehead atoms. The van der Waals surface area contributed by atoms with Gasteiger partial charge in [0, 0.05) is 18.1 Å². The van der Waals surface area contributed by atoms with Crippen molar-refractivity contribution in [2.45, 2.75) is 13.5 Å². The minimum absolute atomic E-state index is 0.421. The molecule has 18 heavy (non-hydrogen) atoms. The molecule has 0 atom stereocenters. The number of hydrogen-bond acceptors (Lipinski definition) is 6. The highest BCUT2D eigenvalue weighted by atomic mass is 32.1. The Hall–Kier alpha value is -2.13. The van der Waals surface area contributed by atoms with Crippen LogP contribution >= 0.6 is 11.3 Å². The zero-order valence-electron chi connectivity index (χ0n) is 10.2. The lowest BCUT2D eigenvalue weighted by atomic mass is 10.2. The van der Waals surface area contributed by atoms with Gasteiger partial charge in [-0.2, -0.15) is 5.26 Å². The molecule has 2 rings (SSSR count). The van der Waals surface area contributed by atoms with Crippen LogP contribution in [0, 0.1) is 18.3 Å². The first-order valence-corrected chi connectivity index (χ1v) is 6.26. The summed E-state index contributed by atoms with van der Waals surface area (Å²) in [7, 11) is 1.90. The second kappa shape index (κ2) is 5.02. The van der Waals surface area contributed by atoms with Crippen LogP contribution in [0.3, 0.4) is 0 Å². The lowest BCUT2D eigenvalue weighted by Crippen LogP contribution is -2.19. The third-order valence-electron chi connectivity index (χ3n) is 2.68. The third kappa shape index (κ3) is 2.26. The Morgan fingerprint density at radius 3 is 2.89 bits per heavy atom. The van der Waals surface area contributed by atoms with Crippen molar-refractivity contribution in [2.75, 3.05) is 17.7 Å². The molecule has 0 unspecified atom stereocenters. The smallest absolute Gasteiger partial charge is 0.153 e. The van der Waals surface area contributed by atoms with Crippen LogP contribution in [-0.4, -0.2) is 17.0 Å². The summed E-state index contributed by atoms with van der Waals surface area (Å²) in [5.41, 5.74) is 9.63. The second-order valence-electron chi connectivity index (χ2n) is 3.92. The first kappa shape index (κ1) is 12.3. The fourth-order valence-electron chi connectivity index (χ4n) is 1.63. The van der Waals surface area contributed by atoms with Crippen molar-refractivity contribution in [3.8, 4) is 6.07 Å². The van der Waals surface area contributed by atoms with Gasteiger partial charge in [-0.1, -0.05) is 0 Å². The molecular formula is C12H13N5S. The minimum atomic E-state index is 0.421. The van der Waals surface area contributed by atoms with Crippen LogP contribution in [0.25, 0.3) is 0 Å². The lowest BCUT2D eigenvalue weighted by Gasteiger charge is -2.19. The Labute approximate surface area is 110 Å². The van der Waals surface area contributed by atoms with Gasteiger partial charge in [0.2, 0.25) is 0 Å². The van der Waals surface area contributed by atoms with Gasteiger partial charge >= 0.3 is 0 Å². The van der Waals surface area contributed by atoms with Crippen LogP contribution in [0.1, 0.15) is 16.1 Å². The maximum atomic E-state index is 8.94. The van der Waals surface area contributed by atoms with E-state index in [-0.39, 0.29) is 0 Å². The summed E-state index contributed by atoms with van der Waals surface area (Å²) in [5.74, 6) is 0.627. The number of aryl methyl sites for hydroxylation is 1. The number of thiazole rings is 1. The maximum absolute atomic E-state index is 8.94. The normalized spacial score (nSPS) is 10.1.